The number of amides is 1. The van der Waals surface area contributed by atoms with E-state index < -0.39 is 5.97 Å². The summed E-state index contributed by atoms with van der Waals surface area (Å²) in [6.45, 7) is 1.70. The fourth-order valence-electron chi connectivity index (χ4n) is 2.13. The number of carboxylic acid groups (broad SMARTS) is 1. The Balaban J connectivity index is 2.28. The number of carbonyl (C=O) groups is 2. The monoisotopic (exact) mass is 263 g/mol. The number of likely N-dealkylation sites (N-methyl/N-ethyl adjacent to an activating group) is 1. The molecule has 0 atom stereocenters. The molecule has 1 heterocycles. The molecular formula is C13H17N3O3. The van der Waals surface area contributed by atoms with Crippen LogP contribution >= 0.6 is 0 Å². The molecule has 1 aromatic carbocycles. The van der Waals surface area contributed by atoms with Crippen LogP contribution in [-0.4, -0.2) is 48.6 Å². The van der Waals surface area contributed by atoms with Gasteiger partial charge in [0.25, 0.3) is 0 Å². The summed E-state index contributed by atoms with van der Waals surface area (Å²) < 4.78 is 0. The van der Waals surface area contributed by atoms with Crippen LogP contribution in [0.3, 0.4) is 0 Å². The van der Waals surface area contributed by atoms with Gasteiger partial charge in [-0.2, -0.15) is 0 Å². The van der Waals surface area contributed by atoms with Crippen LogP contribution in [0.2, 0.25) is 0 Å². The molecule has 2 rings (SSSR count). The Hall–Kier alpha value is -2.24. The average Bonchev–Trinajstić information content (AvgIpc) is 2.52. The summed E-state index contributed by atoms with van der Waals surface area (Å²) in [5.74, 6) is -1.02. The van der Waals surface area contributed by atoms with E-state index in [9.17, 15) is 9.59 Å². The maximum Gasteiger partial charge on any atom is 0.337 e. The van der Waals surface area contributed by atoms with E-state index in [0.717, 1.165) is 25.2 Å². The molecule has 0 aromatic heterocycles. The van der Waals surface area contributed by atoms with E-state index >= 15 is 0 Å². The van der Waals surface area contributed by atoms with Crippen molar-refractivity contribution in [2.24, 2.45) is 0 Å². The highest BCUT2D eigenvalue weighted by atomic mass is 16.4. The van der Waals surface area contributed by atoms with Gasteiger partial charge in [-0.15, -0.1) is 0 Å². The van der Waals surface area contributed by atoms with Crippen molar-refractivity contribution in [1.29, 1.82) is 0 Å². The minimum Gasteiger partial charge on any atom is -0.478 e. The molecule has 1 aliphatic heterocycles. The second-order valence-electron chi connectivity index (χ2n) is 4.67. The second kappa shape index (κ2) is 5.17. The minimum atomic E-state index is -1.06. The van der Waals surface area contributed by atoms with Crippen LogP contribution in [0.4, 0.5) is 11.4 Å². The van der Waals surface area contributed by atoms with Gasteiger partial charge in [0.1, 0.15) is 0 Å². The minimum absolute atomic E-state index is 0.0335. The van der Waals surface area contributed by atoms with Crippen molar-refractivity contribution in [1.82, 2.24) is 4.90 Å². The first-order chi connectivity index (χ1) is 8.99. The van der Waals surface area contributed by atoms with Gasteiger partial charge in [-0.1, -0.05) is 0 Å². The maximum atomic E-state index is 11.8. The molecule has 1 fully saturated rings. The van der Waals surface area contributed by atoms with Gasteiger partial charge in [0.15, 0.2) is 0 Å². The van der Waals surface area contributed by atoms with Gasteiger partial charge >= 0.3 is 5.97 Å². The Labute approximate surface area is 111 Å². The van der Waals surface area contributed by atoms with Gasteiger partial charge in [0.2, 0.25) is 5.91 Å². The first-order valence-corrected chi connectivity index (χ1v) is 6.11. The first kappa shape index (κ1) is 13.2. The molecule has 0 spiro atoms. The third-order valence-corrected chi connectivity index (χ3v) is 3.31. The largest absolute Gasteiger partial charge is 0.478 e. The Morgan fingerprint density at radius 1 is 1.37 bits per heavy atom. The van der Waals surface area contributed by atoms with Gasteiger partial charge in [0, 0.05) is 31.5 Å². The number of rotatable bonds is 2. The van der Waals surface area contributed by atoms with Crippen LogP contribution in [0.15, 0.2) is 18.2 Å². The molecule has 102 valence electrons. The van der Waals surface area contributed by atoms with E-state index in [-0.39, 0.29) is 23.7 Å². The van der Waals surface area contributed by atoms with E-state index in [0.29, 0.717) is 0 Å². The van der Waals surface area contributed by atoms with Crippen molar-refractivity contribution in [2.45, 2.75) is 6.42 Å². The van der Waals surface area contributed by atoms with Crippen molar-refractivity contribution in [3.63, 3.8) is 0 Å². The van der Waals surface area contributed by atoms with Gasteiger partial charge < -0.3 is 20.6 Å². The predicted molar refractivity (Wildman–Crippen MR) is 72.3 cm³/mol. The topological polar surface area (TPSA) is 86.9 Å². The lowest BCUT2D eigenvalue weighted by atomic mass is 10.1. The lowest BCUT2D eigenvalue weighted by molar-refractivity contribution is -0.127. The fraction of sp³-hybridized carbons (Fsp3) is 0.385. The molecule has 1 saturated heterocycles. The number of hydrogen-bond donors (Lipinski definition) is 2. The fourth-order valence-corrected chi connectivity index (χ4v) is 2.13. The molecule has 6 nitrogen and oxygen atoms in total. The molecule has 1 aromatic rings. The summed E-state index contributed by atoms with van der Waals surface area (Å²) in [4.78, 5) is 26.5. The van der Waals surface area contributed by atoms with Crippen molar-refractivity contribution in [2.75, 3.05) is 37.3 Å². The molecule has 0 bridgehead atoms. The summed E-state index contributed by atoms with van der Waals surface area (Å²) in [6.07, 6.45) is 0.856. The molecule has 0 aliphatic carbocycles. The van der Waals surface area contributed by atoms with Crippen LogP contribution in [0.1, 0.15) is 16.8 Å². The zero-order chi connectivity index (χ0) is 14.0. The van der Waals surface area contributed by atoms with E-state index in [1.165, 1.54) is 6.07 Å². The quantitative estimate of drug-likeness (QED) is 0.764. The number of benzene rings is 1. The van der Waals surface area contributed by atoms with E-state index in [1.54, 1.807) is 24.1 Å². The van der Waals surface area contributed by atoms with Crippen LogP contribution in [0.25, 0.3) is 0 Å². The summed E-state index contributed by atoms with van der Waals surface area (Å²) in [6, 6.07) is 4.84. The molecule has 1 amide bonds. The third kappa shape index (κ3) is 2.78. The molecule has 19 heavy (non-hydrogen) atoms. The molecular weight excluding hydrogens is 246 g/mol. The van der Waals surface area contributed by atoms with Gasteiger partial charge in [0.05, 0.1) is 12.1 Å². The Morgan fingerprint density at radius 3 is 2.79 bits per heavy atom. The van der Waals surface area contributed by atoms with Crippen molar-refractivity contribution in [3.8, 4) is 0 Å². The van der Waals surface area contributed by atoms with Crippen LogP contribution in [0, 0.1) is 0 Å². The molecule has 0 unspecified atom stereocenters. The standard InChI is InChI=1S/C13H17N3O3/c1-15-5-2-6-16(8-12(15)17)9-3-4-11(14)10(7-9)13(18)19/h3-4,7H,2,5-6,8,14H2,1H3,(H,18,19). The van der Waals surface area contributed by atoms with Crippen molar-refractivity contribution < 1.29 is 14.7 Å². The molecule has 3 N–H and O–H groups in total. The highest BCUT2D eigenvalue weighted by Crippen LogP contribution is 2.22. The number of anilines is 2. The summed E-state index contributed by atoms with van der Waals surface area (Å²) in [5, 5.41) is 9.06. The van der Waals surface area contributed by atoms with E-state index in [1.807, 2.05) is 4.90 Å². The van der Waals surface area contributed by atoms with E-state index in [4.69, 9.17) is 10.8 Å². The first-order valence-electron chi connectivity index (χ1n) is 6.11. The number of nitrogens with two attached hydrogens (primary N) is 1. The van der Waals surface area contributed by atoms with Crippen molar-refractivity contribution >= 4 is 23.3 Å². The van der Waals surface area contributed by atoms with Gasteiger partial charge in [-0.3, -0.25) is 4.79 Å². The number of carbonyl (C=O) groups excluding carboxylic acids is 1. The molecule has 1 aliphatic rings. The number of aromatic carboxylic acids is 1. The normalized spacial score (nSPS) is 16.4. The van der Waals surface area contributed by atoms with Crippen LogP contribution in [0.5, 0.6) is 0 Å². The second-order valence-corrected chi connectivity index (χ2v) is 4.67. The molecule has 0 saturated carbocycles. The van der Waals surface area contributed by atoms with Crippen LogP contribution < -0.4 is 10.6 Å². The van der Waals surface area contributed by atoms with Crippen LogP contribution in [-0.2, 0) is 4.79 Å². The Bertz CT molecular complexity index is 516. The van der Waals surface area contributed by atoms with E-state index in [2.05, 4.69) is 0 Å². The number of hydrogen-bond acceptors (Lipinski definition) is 4. The zero-order valence-corrected chi connectivity index (χ0v) is 10.8. The Morgan fingerprint density at radius 2 is 2.11 bits per heavy atom. The highest BCUT2D eigenvalue weighted by Gasteiger charge is 2.20. The average molecular weight is 263 g/mol. The zero-order valence-electron chi connectivity index (χ0n) is 10.8. The SMILES string of the molecule is CN1CCCN(c2ccc(N)c(C(=O)O)c2)CC1=O. The van der Waals surface area contributed by atoms with Gasteiger partial charge in [-0.25, -0.2) is 4.79 Å². The predicted octanol–water partition coefficient (Wildman–Crippen LogP) is 0.635. The number of nitrogen functional groups attached to an aromatic ring is 1. The van der Waals surface area contributed by atoms with Gasteiger partial charge in [-0.05, 0) is 24.6 Å². The number of carboxylic acids is 1. The van der Waals surface area contributed by atoms with Crippen molar-refractivity contribution in [3.05, 3.63) is 23.8 Å². The smallest absolute Gasteiger partial charge is 0.337 e. The highest BCUT2D eigenvalue weighted by molar-refractivity contribution is 5.95. The summed E-state index contributed by atoms with van der Waals surface area (Å²) in [5.41, 5.74) is 6.65. The number of nitrogens with zero attached hydrogens (tertiary/aromatic N) is 2. The maximum absolute atomic E-state index is 11.8. The lowest BCUT2D eigenvalue weighted by Crippen LogP contribution is -2.34. The summed E-state index contributed by atoms with van der Waals surface area (Å²) in [7, 11) is 1.78. The summed E-state index contributed by atoms with van der Waals surface area (Å²) >= 11 is 0. The lowest BCUT2D eigenvalue weighted by Gasteiger charge is -2.22. The Kier molecular flexibility index (Phi) is 3.59. The third-order valence-electron chi connectivity index (χ3n) is 3.31. The molecule has 0 radical (unpaired) electrons. The molecule has 6 heteroatoms.